The van der Waals surface area contributed by atoms with Gasteiger partial charge < -0.3 is 15.3 Å². The number of aromatic carboxylic acids is 2. The predicted molar refractivity (Wildman–Crippen MR) is 109 cm³/mol. The van der Waals surface area contributed by atoms with Crippen LogP contribution in [0.25, 0.3) is 22.3 Å². The SMILES string of the molecule is O=C(O)c1ccc(N=Nc2ccc(O)c3cc(C(=O)O)c(-c4ccccn4)nc23)nc1. The molecule has 0 radical (unpaired) electrons. The van der Waals surface area contributed by atoms with Crippen molar-refractivity contribution >= 4 is 34.3 Å². The fraction of sp³-hybridized carbons (Fsp3) is 0. The van der Waals surface area contributed by atoms with Crippen LogP contribution in [0.15, 0.2) is 71.2 Å². The van der Waals surface area contributed by atoms with Crippen molar-refractivity contribution in [3.63, 3.8) is 0 Å². The minimum Gasteiger partial charge on any atom is -0.507 e. The summed E-state index contributed by atoms with van der Waals surface area (Å²) in [5.74, 6) is -2.33. The molecule has 0 bridgehead atoms. The average Bonchev–Trinajstić information content (AvgIpc) is 2.78. The monoisotopic (exact) mass is 415 g/mol. The van der Waals surface area contributed by atoms with Gasteiger partial charge in [-0.2, -0.15) is 0 Å². The third-order valence-corrected chi connectivity index (χ3v) is 4.33. The van der Waals surface area contributed by atoms with E-state index in [1.165, 1.54) is 36.5 Å². The summed E-state index contributed by atoms with van der Waals surface area (Å²) in [6.45, 7) is 0. The molecule has 3 N–H and O–H groups in total. The van der Waals surface area contributed by atoms with Crippen molar-refractivity contribution in [2.75, 3.05) is 0 Å². The molecule has 4 aromatic rings. The van der Waals surface area contributed by atoms with E-state index in [0.29, 0.717) is 5.69 Å². The van der Waals surface area contributed by atoms with E-state index < -0.39 is 11.9 Å². The summed E-state index contributed by atoms with van der Waals surface area (Å²) in [4.78, 5) is 35.2. The molecule has 3 aromatic heterocycles. The van der Waals surface area contributed by atoms with E-state index in [9.17, 15) is 19.8 Å². The lowest BCUT2D eigenvalue weighted by atomic mass is 10.1. The van der Waals surface area contributed by atoms with Crippen molar-refractivity contribution in [1.82, 2.24) is 15.0 Å². The number of fused-ring (bicyclic) bond motifs is 1. The number of nitrogens with zero attached hydrogens (tertiary/aromatic N) is 5. The van der Waals surface area contributed by atoms with Gasteiger partial charge in [0.25, 0.3) is 0 Å². The maximum absolute atomic E-state index is 11.8. The molecular weight excluding hydrogens is 402 g/mol. The van der Waals surface area contributed by atoms with Gasteiger partial charge in [-0.05, 0) is 42.5 Å². The van der Waals surface area contributed by atoms with Crippen LogP contribution >= 0.6 is 0 Å². The molecule has 0 saturated heterocycles. The number of hydrogen-bond donors (Lipinski definition) is 3. The molecule has 0 saturated carbocycles. The standard InChI is InChI=1S/C21H13N5O5/c27-16-6-5-15(25-26-17-7-4-11(10-23-17)20(28)29)18-12(16)9-13(21(30)31)19(24-18)14-3-1-2-8-22-14/h1-10,27H,(H,28,29)(H,30,31). The number of pyridine rings is 3. The zero-order valence-corrected chi connectivity index (χ0v) is 15.7. The van der Waals surface area contributed by atoms with E-state index in [2.05, 4.69) is 25.2 Å². The number of aromatic nitrogens is 3. The average molecular weight is 415 g/mol. The van der Waals surface area contributed by atoms with Crippen LogP contribution < -0.4 is 0 Å². The van der Waals surface area contributed by atoms with E-state index in [-0.39, 0.29) is 45.0 Å². The number of carboxylic acid groups (broad SMARTS) is 2. The van der Waals surface area contributed by atoms with Crippen molar-refractivity contribution in [3.8, 4) is 17.1 Å². The Morgan fingerprint density at radius 2 is 1.74 bits per heavy atom. The molecule has 0 spiro atoms. The van der Waals surface area contributed by atoms with Crippen LogP contribution in [0.1, 0.15) is 20.7 Å². The molecule has 10 nitrogen and oxygen atoms in total. The summed E-state index contributed by atoms with van der Waals surface area (Å²) in [5, 5.41) is 37.1. The highest BCUT2D eigenvalue weighted by atomic mass is 16.4. The van der Waals surface area contributed by atoms with Crippen molar-refractivity contribution in [3.05, 3.63) is 72.1 Å². The van der Waals surface area contributed by atoms with Gasteiger partial charge in [-0.3, -0.25) is 4.98 Å². The molecule has 10 heteroatoms. The molecule has 0 aliphatic heterocycles. The Balaban J connectivity index is 1.85. The van der Waals surface area contributed by atoms with Crippen molar-refractivity contribution in [2.45, 2.75) is 0 Å². The Bertz CT molecular complexity index is 1340. The van der Waals surface area contributed by atoms with Crippen molar-refractivity contribution in [1.29, 1.82) is 0 Å². The van der Waals surface area contributed by atoms with Crippen LogP contribution in [-0.2, 0) is 0 Å². The van der Waals surface area contributed by atoms with E-state index in [1.54, 1.807) is 18.2 Å². The second-order valence-electron chi connectivity index (χ2n) is 6.31. The third kappa shape index (κ3) is 3.90. The first-order valence-corrected chi connectivity index (χ1v) is 8.86. The van der Waals surface area contributed by atoms with Crippen LogP contribution in [0, 0.1) is 0 Å². The molecule has 0 atom stereocenters. The number of phenolic OH excluding ortho intramolecular Hbond substituents is 1. The van der Waals surface area contributed by atoms with E-state index in [1.807, 2.05) is 0 Å². The lowest BCUT2D eigenvalue weighted by molar-refractivity contribution is 0.0686. The highest BCUT2D eigenvalue weighted by Crippen LogP contribution is 2.35. The molecule has 0 fully saturated rings. The number of azo groups is 1. The lowest BCUT2D eigenvalue weighted by Crippen LogP contribution is -2.03. The zero-order valence-electron chi connectivity index (χ0n) is 15.7. The van der Waals surface area contributed by atoms with Crippen LogP contribution in [0.3, 0.4) is 0 Å². The summed E-state index contributed by atoms with van der Waals surface area (Å²) in [6.07, 6.45) is 2.67. The molecule has 0 unspecified atom stereocenters. The molecule has 3 heterocycles. The first-order valence-electron chi connectivity index (χ1n) is 8.86. The number of aromatic hydroxyl groups is 1. The first-order chi connectivity index (χ1) is 14.9. The Hall–Kier alpha value is -4.73. The molecule has 0 aliphatic carbocycles. The Morgan fingerprint density at radius 3 is 2.39 bits per heavy atom. The first kappa shape index (κ1) is 19.6. The van der Waals surface area contributed by atoms with Gasteiger partial charge in [0, 0.05) is 17.8 Å². The van der Waals surface area contributed by atoms with Gasteiger partial charge in [0.05, 0.1) is 16.8 Å². The fourth-order valence-electron chi connectivity index (χ4n) is 2.85. The highest BCUT2D eigenvalue weighted by Gasteiger charge is 2.19. The number of rotatable bonds is 5. The van der Waals surface area contributed by atoms with Crippen LogP contribution in [0.4, 0.5) is 11.5 Å². The van der Waals surface area contributed by atoms with Gasteiger partial charge in [0.1, 0.15) is 22.6 Å². The maximum Gasteiger partial charge on any atom is 0.338 e. The second kappa shape index (κ2) is 7.95. The molecule has 0 aliphatic rings. The molecule has 152 valence electrons. The summed E-state index contributed by atoms with van der Waals surface area (Å²) in [5.41, 5.74) is 0.826. The Labute approximate surface area is 174 Å². The number of carboxylic acids is 2. The van der Waals surface area contributed by atoms with Gasteiger partial charge in [0.15, 0.2) is 5.82 Å². The van der Waals surface area contributed by atoms with Gasteiger partial charge >= 0.3 is 11.9 Å². The Kier molecular flexibility index (Phi) is 5.02. The van der Waals surface area contributed by atoms with Gasteiger partial charge in [-0.1, -0.05) is 6.07 Å². The largest absolute Gasteiger partial charge is 0.507 e. The van der Waals surface area contributed by atoms with Crippen LogP contribution in [-0.4, -0.2) is 42.2 Å². The van der Waals surface area contributed by atoms with Gasteiger partial charge in [0.2, 0.25) is 0 Å². The van der Waals surface area contributed by atoms with Gasteiger partial charge in [-0.25, -0.2) is 19.6 Å². The number of hydrogen-bond acceptors (Lipinski definition) is 8. The van der Waals surface area contributed by atoms with Gasteiger partial charge in [-0.15, -0.1) is 10.2 Å². The summed E-state index contributed by atoms with van der Waals surface area (Å²) in [6, 6.07) is 11.9. The minimum absolute atomic E-state index is 0.0110. The third-order valence-electron chi connectivity index (χ3n) is 4.33. The summed E-state index contributed by atoms with van der Waals surface area (Å²) >= 11 is 0. The molecule has 1 aromatic carbocycles. The van der Waals surface area contributed by atoms with Crippen molar-refractivity contribution in [2.24, 2.45) is 10.2 Å². The smallest absolute Gasteiger partial charge is 0.338 e. The fourth-order valence-corrected chi connectivity index (χ4v) is 2.85. The van der Waals surface area contributed by atoms with E-state index >= 15 is 0 Å². The number of phenols is 1. The molecule has 0 amide bonds. The number of carbonyl (C=O) groups is 2. The quantitative estimate of drug-likeness (QED) is 0.409. The maximum atomic E-state index is 11.8. The van der Waals surface area contributed by atoms with E-state index in [4.69, 9.17) is 5.11 Å². The van der Waals surface area contributed by atoms with Crippen LogP contribution in [0.5, 0.6) is 5.75 Å². The molecule has 4 rings (SSSR count). The molecular formula is C21H13N5O5. The predicted octanol–water partition coefficient (Wildman–Crippen LogP) is 4.21. The van der Waals surface area contributed by atoms with Crippen molar-refractivity contribution < 1.29 is 24.9 Å². The topological polar surface area (TPSA) is 158 Å². The highest BCUT2D eigenvalue weighted by molar-refractivity contribution is 6.03. The van der Waals surface area contributed by atoms with Crippen LogP contribution in [0.2, 0.25) is 0 Å². The minimum atomic E-state index is -1.22. The lowest BCUT2D eigenvalue weighted by Gasteiger charge is -2.09. The second-order valence-corrected chi connectivity index (χ2v) is 6.31. The Morgan fingerprint density at radius 1 is 0.903 bits per heavy atom. The molecule has 31 heavy (non-hydrogen) atoms. The van der Waals surface area contributed by atoms with E-state index in [0.717, 1.165) is 6.20 Å². The number of benzene rings is 1. The summed E-state index contributed by atoms with van der Waals surface area (Å²) < 4.78 is 0. The zero-order chi connectivity index (χ0) is 22.0. The summed E-state index contributed by atoms with van der Waals surface area (Å²) in [7, 11) is 0. The normalized spacial score (nSPS) is 11.1.